The molecule has 0 radical (unpaired) electrons. The maximum Gasteiger partial charge on any atom is 0.228 e. The molecule has 1 saturated heterocycles. The third-order valence-electron chi connectivity index (χ3n) is 3.93. The second kappa shape index (κ2) is 7.97. The minimum Gasteiger partial charge on any atom is -0.497 e. The molecule has 2 rings (SSSR count). The van der Waals surface area contributed by atoms with Crippen molar-refractivity contribution in [2.45, 2.75) is 26.7 Å². The maximum absolute atomic E-state index is 12.4. The number of ether oxygens (including phenoxy) is 1. The van der Waals surface area contributed by atoms with Crippen molar-refractivity contribution in [3.05, 3.63) is 18.2 Å². The van der Waals surface area contributed by atoms with Gasteiger partial charge in [-0.2, -0.15) is 0 Å². The lowest BCUT2D eigenvalue weighted by molar-refractivity contribution is -0.120. The van der Waals surface area contributed by atoms with E-state index in [0.29, 0.717) is 23.7 Å². The van der Waals surface area contributed by atoms with Gasteiger partial charge in [0.25, 0.3) is 0 Å². The van der Waals surface area contributed by atoms with E-state index in [4.69, 9.17) is 4.74 Å². The summed E-state index contributed by atoms with van der Waals surface area (Å²) in [6.45, 7) is 5.29. The van der Waals surface area contributed by atoms with Crippen LogP contribution in [0.4, 0.5) is 11.4 Å². The molecular weight excluding hydrogens is 294 g/mol. The van der Waals surface area contributed by atoms with Gasteiger partial charge >= 0.3 is 0 Å². The summed E-state index contributed by atoms with van der Waals surface area (Å²) in [6.07, 6.45) is 1.88. The van der Waals surface area contributed by atoms with Gasteiger partial charge in [0, 0.05) is 18.5 Å². The SMILES string of the molecule is COc1ccc(NC(=O)C2CCCNC2)c(NC(=O)C(C)C)c1. The molecule has 1 fully saturated rings. The average molecular weight is 319 g/mol. The summed E-state index contributed by atoms with van der Waals surface area (Å²) in [7, 11) is 1.56. The van der Waals surface area contributed by atoms with Crippen molar-refractivity contribution in [3.8, 4) is 5.75 Å². The van der Waals surface area contributed by atoms with Gasteiger partial charge in [-0.05, 0) is 31.5 Å². The third kappa shape index (κ3) is 4.69. The maximum atomic E-state index is 12.4. The number of amides is 2. The van der Waals surface area contributed by atoms with E-state index in [-0.39, 0.29) is 23.7 Å². The van der Waals surface area contributed by atoms with Crippen LogP contribution in [0.25, 0.3) is 0 Å². The highest BCUT2D eigenvalue weighted by Crippen LogP contribution is 2.28. The second-order valence-corrected chi connectivity index (χ2v) is 6.09. The van der Waals surface area contributed by atoms with Crippen molar-refractivity contribution in [1.29, 1.82) is 0 Å². The van der Waals surface area contributed by atoms with Gasteiger partial charge in [0.05, 0.1) is 24.4 Å². The number of hydrogen-bond donors (Lipinski definition) is 3. The lowest BCUT2D eigenvalue weighted by atomic mass is 9.98. The topological polar surface area (TPSA) is 79.5 Å². The first-order chi connectivity index (χ1) is 11.0. The molecule has 6 heteroatoms. The molecule has 0 bridgehead atoms. The lowest BCUT2D eigenvalue weighted by Gasteiger charge is -2.23. The molecule has 0 aromatic heterocycles. The molecule has 1 aromatic rings. The first kappa shape index (κ1) is 17.3. The van der Waals surface area contributed by atoms with Crippen LogP contribution in [0.2, 0.25) is 0 Å². The van der Waals surface area contributed by atoms with Gasteiger partial charge in [-0.1, -0.05) is 13.8 Å². The van der Waals surface area contributed by atoms with Crippen molar-refractivity contribution in [3.63, 3.8) is 0 Å². The Hall–Kier alpha value is -2.08. The first-order valence-corrected chi connectivity index (χ1v) is 8.01. The normalized spacial score (nSPS) is 17.7. The predicted molar refractivity (Wildman–Crippen MR) is 90.7 cm³/mol. The molecule has 3 N–H and O–H groups in total. The monoisotopic (exact) mass is 319 g/mol. The summed E-state index contributed by atoms with van der Waals surface area (Å²) in [6, 6.07) is 5.23. The highest BCUT2D eigenvalue weighted by atomic mass is 16.5. The first-order valence-electron chi connectivity index (χ1n) is 8.01. The Balaban J connectivity index is 2.15. The van der Waals surface area contributed by atoms with Crippen molar-refractivity contribution in [2.24, 2.45) is 11.8 Å². The van der Waals surface area contributed by atoms with Gasteiger partial charge in [-0.3, -0.25) is 9.59 Å². The Morgan fingerprint density at radius 2 is 2.04 bits per heavy atom. The standard InChI is InChI=1S/C17H25N3O3/c1-11(2)16(21)20-15-9-13(23-3)6-7-14(15)19-17(22)12-5-4-8-18-10-12/h6-7,9,11-12,18H,4-5,8,10H2,1-3H3,(H,19,22)(H,20,21). The van der Waals surface area contributed by atoms with Crippen LogP contribution in [-0.4, -0.2) is 32.0 Å². The van der Waals surface area contributed by atoms with Gasteiger partial charge in [0.15, 0.2) is 0 Å². The zero-order valence-corrected chi connectivity index (χ0v) is 13.9. The molecule has 1 aromatic carbocycles. The van der Waals surface area contributed by atoms with Crippen molar-refractivity contribution in [2.75, 3.05) is 30.8 Å². The number of carbonyl (C=O) groups excluding carboxylic acids is 2. The molecule has 1 unspecified atom stereocenters. The lowest BCUT2D eigenvalue weighted by Crippen LogP contribution is -2.37. The van der Waals surface area contributed by atoms with Crippen LogP contribution in [-0.2, 0) is 9.59 Å². The van der Waals surface area contributed by atoms with E-state index in [0.717, 1.165) is 19.4 Å². The average Bonchev–Trinajstić information content (AvgIpc) is 2.56. The van der Waals surface area contributed by atoms with Crippen LogP contribution in [0.3, 0.4) is 0 Å². The molecule has 2 amide bonds. The van der Waals surface area contributed by atoms with E-state index in [1.165, 1.54) is 0 Å². The summed E-state index contributed by atoms with van der Waals surface area (Å²) in [5, 5.41) is 9.00. The number of methoxy groups -OCH3 is 1. The number of rotatable bonds is 5. The predicted octanol–water partition coefficient (Wildman–Crippen LogP) is 2.23. The Labute approximate surface area is 137 Å². The summed E-state index contributed by atoms with van der Waals surface area (Å²) in [4.78, 5) is 24.4. The van der Waals surface area contributed by atoms with Crippen LogP contribution >= 0.6 is 0 Å². The smallest absolute Gasteiger partial charge is 0.228 e. The molecule has 0 saturated carbocycles. The molecule has 1 aliphatic heterocycles. The second-order valence-electron chi connectivity index (χ2n) is 6.09. The zero-order valence-electron chi connectivity index (χ0n) is 13.9. The van der Waals surface area contributed by atoms with E-state index in [2.05, 4.69) is 16.0 Å². The van der Waals surface area contributed by atoms with E-state index in [1.807, 2.05) is 13.8 Å². The molecular formula is C17H25N3O3. The Kier molecular flexibility index (Phi) is 5.98. The van der Waals surface area contributed by atoms with Crippen molar-refractivity contribution < 1.29 is 14.3 Å². The highest BCUT2D eigenvalue weighted by Gasteiger charge is 2.22. The van der Waals surface area contributed by atoms with Crippen molar-refractivity contribution in [1.82, 2.24) is 5.32 Å². The summed E-state index contributed by atoms with van der Waals surface area (Å²) in [5.41, 5.74) is 1.15. The number of nitrogens with one attached hydrogen (secondary N) is 3. The summed E-state index contributed by atoms with van der Waals surface area (Å²) in [5.74, 6) is 0.309. The van der Waals surface area contributed by atoms with Gasteiger partial charge in [-0.15, -0.1) is 0 Å². The van der Waals surface area contributed by atoms with E-state index >= 15 is 0 Å². The molecule has 0 aliphatic carbocycles. The summed E-state index contributed by atoms with van der Waals surface area (Å²) >= 11 is 0. The molecule has 126 valence electrons. The zero-order chi connectivity index (χ0) is 16.8. The Morgan fingerprint density at radius 3 is 2.65 bits per heavy atom. The number of piperidine rings is 1. The molecule has 1 heterocycles. The van der Waals surface area contributed by atoms with Crippen LogP contribution in [0.1, 0.15) is 26.7 Å². The molecule has 23 heavy (non-hydrogen) atoms. The van der Waals surface area contributed by atoms with Gasteiger partial charge in [-0.25, -0.2) is 0 Å². The quantitative estimate of drug-likeness (QED) is 0.777. The molecule has 0 spiro atoms. The Bertz CT molecular complexity index is 566. The third-order valence-corrected chi connectivity index (χ3v) is 3.93. The number of hydrogen-bond acceptors (Lipinski definition) is 4. The largest absolute Gasteiger partial charge is 0.497 e. The fraction of sp³-hybridized carbons (Fsp3) is 0.529. The molecule has 6 nitrogen and oxygen atoms in total. The fourth-order valence-electron chi connectivity index (χ4n) is 2.45. The van der Waals surface area contributed by atoms with Gasteiger partial charge in [0.2, 0.25) is 11.8 Å². The number of carbonyl (C=O) groups is 2. The van der Waals surface area contributed by atoms with Gasteiger partial charge < -0.3 is 20.7 Å². The van der Waals surface area contributed by atoms with Crippen LogP contribution < -0.4 is 20.7 Å². The number of anilines is 2. The van der Waals surface area contributed by atoms with E-state index in [9.17, 15) is 9.59 Å². The number of benzene rings is 1. The highest BCUT2D eigenvalue weighted by molar-refractivity contribution is 6.01. The fourth-order valence-corrected chi connectivity index (χ4v) is 2.45. The minimum atomic E-state index is -0.146. The summed E-state index contributed by atoms with van der Waals surface area (Å²) < 4.78 is 5.20. The van der Waals surface area contributed by atoms with Crippen LogP contribution in [0.15, 0.2) is 18.2 Å². The minimum absolute atomic E-state index is 0.0255. The molecule has 1 atom stereocenters. The van der Waals surface area contributed by atoms with Gasteiger partial charge in [0.1, 0.15) is 5.75 Å². The van der Waals surface area contributed by atoms with Crippen LogP contribution in [0, 0.1) is 11.8 Å². The van der Waals surface area contributed by atoms with Crippen LogP contribution in [0.5, 0.6) is 5.75 Å². The van der Waals surface area contributed by atoms with Crippen molar-refractivity contribution >= 4 is 23.2 Å². The van der Waals surface area contributed by atoms with E-state index < -0.39 is 0 Å². The Morgan fingerprint density at radius 1 is 1.26 bits per heavy atom. The van der Waals surface area contributed by atoms with E-state index in [1.54, 1.807) is 25.3 Å². The molecule has 1 aliphatic rings.